The van der Waals surface area contributed by atoms with Crippen molar-refractivity contribution >= 4 is 0 Å². The fourth-order valence-electron chi connectivity index (χ4n) is 0.442. The van der Waals surface area contributed by atoms with Gasteiger partial charge in [-0.3, -0.25) is 9.89 Å². The van der Waals surface area contributed by atoms with E-state index in [1.165, 1.54) is 7.05 Å². The van der Waals surface area contributed by atoms with Gasteiger partial charge in [0, 0.05) is 7.05 Å². The molecule has 48 valence electrons. The molecule has 0 aliphatic heterocycles. The summed E-state index contributed by atoms with van der Waals surface area (Å²) in [5.41, 5.74) is -0.841. The summed E-state index contributed by atoms with van der Waals surface area (Å²) in [6.07, 6.45) is 0.947. The first-order valence-electron chi connectivity index (χ1n) is 2.32. The maximum Gasteiger partial charge on any atom is 0.362 e. The number of hydrogen-bond acceptors (Lipinski definition) is 3. The molecule has 9 heavy (non-hydrogen) atoms. The summed E-state index contributed by atoms with van der Waals surface area (Å²) in [7, 11) is 1.43. The third-order valence-electron chi connectivity index (χ3n) is 0.857. The lowest BCUT2D eigenvalue weighted by molar-refractivity contribution is 0.658. The van der Waals surface area contributed by atoms with Crippen molar-refractivity contribution in [3.63, 3.8) is 0 Å². The van der Waals surface area contributed by atoms with Gasteiger partial charge >= 0.3 is 5.69 Å². The first-order valence-corrected chi connectivity index (χ1v) is 2.32. The van der Waals surface area contributed by atoms with Crippen LogP contribution in [0.1, 0.15) is 0 Å². The highest BCUT2D eigenvalue weighted by Crippen LogP contribution is 1.50. The second-order valence-corrected chi connectivity index (χ2v) is 1.58. The third-order valence-corrected chi connectivity index (χ3v) is 0.857. The molecule has 5 nitrogen and oxygen atoms in total. The van der Waals surface area contributed by atoms with Gasteiger partial charge in [-0.05, 0) is 0 Å². The van der Waals surface area contributed by atoms with Crippen molar-refractivity contribution in [1.29, 1.82) is 0 Å². The minimum atomic E-state index is -0.463. The zero-order valence-corrected chi connectivity index (χ0v) is 4.79. The Kier molecular flexibility index (Phi) is 1.18. The predicted octanol–water partition coefficient (Wildman–Crippen LogP) is -1.53. The Morgan fingerprint density at radius 3 is 2.78 bits per heavy atom. The monoisotopic (exact) mass is 127 g/mol. The van der Waals surface area contributed by atoms with Gasteiger partial charge in [0.15, 0.2) is 0 Å². The van der Waals surface area contributed by atoms with Crippen LogP contribution in [0.3, 0.4) is 0 Å². The Labute approximate surface area is 50.0 Å². The molecule has 1 aromatic heterocycles. The summed E-state index contributed by atoms with van der Waals surface area (Å²) in [6, 6.07) is 0. The van der Waals surface area contributed by atoms with Gasteiger partial charge in [0.25, 0.3) is 5.56 Å². The van der Waals surface area contributed by atoms with Crippen molar-refractivity contribution in [1.82, 2.24) is 14.8 Å². The third kappa shape index (κ3) is 1.04. The molecule has 0 bridgehead atoms. The smallest absolute Gasteiger partial charge is 0.266 e. The summed E-state index contributed by atoms with van der Waals surface area (Å²) in [4.78, 5) is 24.1. The first-order chi connectivity index (χ1) is 4.20. The topological polar surface area (TPSA) is 67.8 Å². The largest absolute Gasteiger partial charge is 0.362 e. The number of H-pyrrole nitrogens is 1. The van der Waals surface area contributed by atoms with Crippen molar-refractivity contribution in [2.75, 3.05) is 0 Å². The van der Waals surface area contributed by atoms with E-state index >= 15 is 0 Å². The number of rotatable bonds is 0. The maximum atomic E-state index is 10.5. The molecule has 1 heterocycles. The average molecular weight is 127 g/mol. The highest BCUT2D eigenvalue weighted by atomic mass is 16.2. The van der Waals surface area contributed by atoms with Gasteiger partial charge in [-0.1, -0.05) is 0 Å². The van der Waals surface area contributed by atoms with Gasteiger partial charge in [-0.25, -0.2) is 9.48 Å². The van der Waals surface area contributed by atoms with Crippen LogP contribution < -0.4 is 11.2 Å². The van der Waals surface area contributed by atoms with Gasteiger partial charge in [0.05, 0.1) is 6.20 Å². The molecule has 0 unspecified atom stereocenters. The van der Waals surface area contributed by atoms with Crippen LogP contribution in [0.4, 0.5) is 0 Å². The van der Waals surface area contributed by atoms with Gasteiger partial charge in [-0.2, -0.15) is 4.98 Å². The molecule has 0 saturated carbocycles. The van der Waals surface area contributed by atoms with E-state index < -0.39 is 5.69 Å². The van der Waals surface area contributed by atoms with Crippen LogP contribution in [0.15, 0.2) is 15.8 Å². The van der Waals surface area contributed by atoms with E-state index in [4.69, 9.17) is 0 Å². The summed E-state index contributed by atoms with van der Waals surface area (Å²) in [6.45, 7) is 0. The van der Waals surface area contributed by atoms with Gasteiger partial charge in [0.1, 0.15) is 0 Å². The Morgan fingerprint density at radius 2 is 2.33 bits per heavy atom. The lowest BCUT2D eigenvalue weighted by Crippen LogP contribution is -2.28. The molecule has 0 atom stereocenters. The molecule has 5 heteroatoms. The van der Waals surface area contributed by atoms with Crippen molar-refractivity contribution < 1.29 is 0 Å². The number of aryl methyl sites for hydroxylation is 1. The van der Waals surface area contributed by atoms with Crippen LogP contribution >= 0.6 is 0 Å². The zero-order valence-electron chi connectivity index (χ0n) is 4.79. The Balaban J connectivity index is 3.52. The van der Waals surface area contributed by atoms with E-state index in [0.717, 1.165) is 10.9 Å². The summed E-state index contributed by atoms with van der Waals surface area (Å²) >= 11 is 0. The molecule has 0 aliphatic carbocycles. The SMILES string of the molecule is Cn1[nH]c(=O)cnc1=O. The fourth-order valence-corrected chi connectivity index (χ4v) is 0.442. The van der Waals surface area contributed by atoms with E-state index in [2.05, 4.69) is 10.1 Å². The van der Waals surface area contributed by atoms with E-state index in [9.17, 15) is 9.59 Å². The zero-order chi connectivity index (χ0) is 6.85. The average Bonchev–Trinajstić information content (AvgIpc) is 1.80. The highest BCUT2D eigenvalue weighted by molar-refractivity contribution is 4.67. The van der Waals surface area contributed by atoms with Crippen LogP contribution in [0.2, 0.25) is 0 Å². The summed E-state index contributed by atoms with van der Waals surface area (Å²) in [5.74, 6) is 0. The van der Waals surface area contributed by atoms with Crippen molar-refractivity contribution in [3.8, 4) is 0 Å². The molecule has 0 radical (unpaired) electrons. The molecular formula is C4H5N3O2. The second kappa shape index (κ2) is 1.85. The maximum absolute atomic E-state index is 10.5. The Morgan fingerprint density at radius 1 is 1.67 bits per heavy atom. The lowest BCUT2D eigenvalue weighted by Gasteiger charge is -1.89. The predicted molar refractivity (Wildman–Crippen MR) is 30.1 cm³/mol. The minimum absolute atomic E-state index is 0.378. The normalized spacial score (nSPS) is 9.44. The summed E-state index contributed by atoms with van der Waals surface area (Å²) < 4.78 is 1.02. The molecule has 1 rings (SSSR count). The molecule has 0 saturated heterocycles. The van der Waals surface area contributed by atoms with Crippen molar-refractivity contribution in [2.45, 2.75) is 0 Å². The molecule has 1 aromatic rings. The van der Waals surface area contributed by atoms with Crippen molar-refractivity contribution in [3.05, 3.63) is 27.0 Å². The van der Waals surface area contributed by atoms with Crippen LogP contribution in [0.25, 0.3) is 0 Å². The lowest BCUT2D eigenvalue weighted by atomic mass is 10.8. The molecular weight excluding hydrogens is 122 g/mol. The Bertz CT molecular complexity index is 310. The van der Waals surface area contributed by atoms with E-state index in [0.29, 0.717) is 0 Å². The number of aromatic amines is 1. The highest BCUT2D eigenvalue weighted by Gasteiger charge is 1.86. The first kappa shape index (κ1) is 5.74. The molecule has 0 fully saturated rings. The van der Waals surface area contributed by atoms with Crippen molar-refractivity contribution in [2.24, 2.45) is 7.05 Å². The standard InChI is InChI=1S/C4H5N3O2/c1-7-4(9)5-2-3(8)6-7/h2H,1H3,(H,6,8). The van der Waals surface area contributed by atoms with Crippen LogP contribution in [-0.4, -0.2) is 14.8 Å². The molecule has 0 spiro atoms. The number of nitrogens with zero attached hydrogens (tertiary/aromatic N) is 2. The van der Waals surface area contributed by atoms with Crippen LogP contribution in [0, 0.1) is 0 Å². The van der Waals surface area contributed by atoms with E-state index in [-0.39, 0.29) is 5.56 Å². The molecule has 1 N–H and O–H groups in total. The number of aromatic nitrogens is 3. The minimum Gasteiger partial charge on any atom is -0.266 e. The van der Waals surface area contributed by atoms with Gasteiger partial charge in [-0.15, -0.1) is 0 Å². The van der Waals surface area contributed by atoms with Gasteiger partial charge in [0.2, 0.25) is 0 Å². The second-order valence-electron chi connectivity index (χ2n) is 1.58. The van der Waals surface area contributed by atoms with Crippen LogP contribution in [0.5, 0.6) is 0 Å². The molecule has 0 aliphatic rings. The van der Waals surface area contributed by atoms with Crippen LogP contribution in [-0.2, 0) is 7.05 Å². The van der Waals surface area contributed by atoms with E-state index in [1.54, 1.807) is 0 Å². The quantitative estimate of drug-likeness (QED) is 0.459. The van der Waals surface area contributed by atoms with E-state index in [1.807, 2.05) is 0 Å². The number of nitrogens with one attached hydrogen (secondary N) is 1. The fraction of sp³-hybridized carbons (Fsp3) is 0.250. The van der Waals surface area contributed by atoms with Gasteiger partial charge < -0.3 is 0 Å². The molecule has 0 amide bonds. The number of hydrogen-bond donors (Lipinski definition) is 1. The Hall–Kier alpha value is -1.39. The molecule has 0 aromatic carbocycles. The summed E-state index contributed by atoms with van der Waals surface area (Å²) in [5, 5.41) is 2.22.